The van der Waals surface area contributed by atoms with Crippen molar-refractivity contribution in [3.8, 4) is 0 Å². The summed E-state index contributed by atoms with van der Waals surface area (Å²) < 4.78 is 38.2. The number of nitrogens with two attached hydrogens (primary N) is 2. The molecule has 0 saturated heterocycles. The quantitative estimate of drug-likeness (QED) is 0.685. The first-order valence-electron chi connectivity index (χ1n) is 3.66. The Bertz CT molecular complexity index is 315. The van der Waals surface area contributed by atoms with Gasteiger partial charge in [0.2, 0.25) is 0 Å². The number of hydrogen-bond donors (Lipinski definition) is 2. The van der Waals surface area contributed by atoms with E-state index in [0.29, 0.717) is 6.07 Å². The van der Waals surface area contributed by atoms with E-state index in [4.69, 9.17) is 11.5 Å². The molecule has 0 aliphatic heterocycles. The first-order valence-corrected chi connectivity index (χ1v) is 3.66. The molecule has 4 N–H and O–H groups in total. The largest absolute Gasteiger partial charge is 0.329 e. The standard InChI is InChI=1S/C8H9F3N2/c9-4-1-5(7(13)3-12)8(11)6(10)2-4/h1-2,7H,3,12-13H2. The second kappa shape index (κ2) is 3.76. The number of hydrogen-bond acceptors (Lipinski definition) is 2. The zero-order valence-electron chi connectivity index (χ0n) is 6.73. The lowest BCUT2D eigenvalue weighted by Crippen LogP contribution is -2.22. The maximum absolute atomic E-state index is 12.9. The summed E-state index contributed by atoms with van der Waals surface area (Å²) in [4.78, 5) is 0. The van der Waals surface area contributed by atoms with Gasteiger partial charge in [0, 0.05) is 24.2 Å². The highest BCUT2D eigenvalue weighted by Crippen LogP contribution is 2.18. The van der Waals surface area contributed by atoms with Crippen LogP contribution in [0.2, 0.25) is 0 Å². The molecule has 0 amide bonds. The van der Waals surface area contributed by atoms with Crippen molar-refractivity contribution >= 4 is 0 Å². The number of benzene rings is 1. The van der Waals surface area contributed by atoms with E-state index in [0.717, 1.165) is 6.07 Å². The van der Waals surface area contributed by atoms with Gasteiger partial charge in [0.25, 0.3) is 0 Å². The molecule has 2 nitrogen and oxygen atoms in total. The maximum atomic E-state index is 12.9. The Kier molecular flexibility index (Phi) is 2.90. The third-order valence-corrected chi connectivity index (χ3v) is 1.67. The third kappa shape index (κ3) is 1.99. The van der Waals surface area contributed by atoms with Gasteiger partial charge in [0.05, 0.1) is 0 Å². The van der Waals surface area contributed by atoms with Crippen molar-refractivity contribution in [1.29, 1.82) is 0 Å². The van der Waals surface area contributed by atoms with Crippen LogP contribution in [0, 0.1) is 17.5 Å². The van der Waals surface area contributed by atoms with Crippen molar-refractivity contribution in [2.75, 3.05) is 6.54 Å². The van der Waals surface area contributed by atoms with E-state index in [1.807, 2.05) is 0 Å². The summed E-state index contributed by atoms with van der Waals surface area (Å²) in [5.74, 6) is -3.25. The Labute approximate surface area is 73.3 Å². The predicted molar refractivity (Wildman–Crippen MR) is 42.3 cm³/mol. The van der Waals surface area contributed by atoms with Crippen LogP contribution in [0.5, 0.6) is 0 Å². The van der Waals surface area contributed by atoms with Crippen LogP contribution in [-0.2, 0) is 0 Å². The van der Waals surface area contributed by atoms with E-state index in [1.54, 1.807) is 0 Å². The van der Waals surface area contributed by atoms with E-state index in [2.05, 4.69) is 0 Å². The van der Waals surface area contributed by atoms with Gasteiger partial charge in [0.15, 0.2) is 11.6 Å². The van der Waals surface area contributed by atoms with E-state index in [1.165, 1.54) is 0 Å². The van der Waals surface area contributed by atoms with Crippen LogP contribution < -0.4 is 11.5 Å². The highest BCUT2D eigenvalue weighted by molar-refractivity contribution is 5.23. The van der Waals surface area contributed by atoms with Crippen molar-refractivity contribution in [2.45, 2.75) is 6.04 Å². The van der Waals surface area contributed by atoms with Gasteiger partial charge in [-0.05, 0) is 6.07 Å². The van der Waals surface area contributed by atoms with Gasteiger partial charge < -0.3 is 11.5 Å². The molecule has 0 saturated carbocycles. The molecule has 0 spiro atoms. The van der Waals surface area contributed by atoms with Crippen LogP contribution in [0.4, 0.5) is 13.2 Å². The highest BCUT2D eigenvalue weighted by Gasteiger charge is 2.15. The van der Waals surface area contributed by atoms with E-state index in [-0.39, 0.29) is 12.1 Å². The normalized spacial score (nSPS) is 13.0. The minimum atomic E-state index is -1.25. The molecule has 1 rings (SSSR count). The SMILES string of the molecule is NCC(N)c1cc(F)cc(F)c1F. The lowest BCUT2D eigenvalue weighted by molar-refractivity contribution is 0.475. The highest BCUT2D eigenvalue weighted by atomic mass is 19.2. The average Bonchev–Trinajstić information content (AvgIpc) is 2.10. The molecule has 1 aromatic rings. The molecule has 0 fully saturated rings. The molecule has 0 radical (unpaired) electrons. The topological polar surface area (TPSA) is 52.0 Å². The fourth-order valence-electron chi connectivity index (χ4n) is 0.973. The molecule has 1 atom stereocenters. The molecular formula is C8H9F3N2. The zero-order chi connectivity index (χ0) is 10.0. The summed E-state index contributed by atoms with van der Waals surface area (Å²) in [6, 6.07) is 0.420. The summed E-state index contributed by atoms with van der Waals surface area (Å²) in [7, 11) is 0. The zero-order valence-corrected chi connectivity index (χ0v) is 6.73. The first-order chi connectivity index (χ1) is 6.06. The van der Waals surface area contributed by atoms with Crippen LogP contribution in [0.3, 0.4) is 0 Å². The fourth-order valence-corrected chi connectivity index (χ4v) is 0.973. The maximum Gasteiger partial charge on any atom is 0.163 e. The lowest BCUT2D eigenvalue weighted by atomic mass is 10.1. The minimum absolute atomic E-state index is 0.0696. The summed E-state index contributed by atoms with van der Waals surface area (Å²) in [5.41, 5.74) is 10.2. The van der Waals surface area contributed by atoms with Crippen molar-refractivity contribution in [3.05, 3.63) is 35.1 Å². The third-order valence-electron chi connectivity index (χ3n) is 1.67. The molecule has 0 heterocycles. The summed E-state index contributed by atoms with van der Waals surface area (Å²) in [5, 5.41) is 0. The van der Waals surface area contributed by atoms with Gasteiger partial charge in [-0.3, -0.25) is 0 Å². The Hall–Kier alpha value is -1.07. The van der Waals surface area contributed by atoms with Gasteiger partial charge in [-0.1, -0.05) is 0 Å². The van der Waals surface area contributed by atoms with Crippen molar-refractivity contribution < 1.29 is 13.2 Å². The van der Waals surface area contributed by atoms with E-state index < -0.39 is 23.5 Å². The average molecular weight is 190 g/mol. The summed E-state index contributed by atoms with van der Waals surface area (Å²) in [6.07, 6.45) is 0. The molecule has 0 aliphatic rings. The Morgan fingerprint density at radius 2 is 1.85 bits per heavy atom. The molecule has 5 heteroatoms. The monoisotopic (exact) mass is 190 g/mol. The van der Waals surface area contributed by atoms with Gasteiger partial charge in [-0.25, -0.2) is 13.2 Å². The molecular weight excluding hydrogens is 181 g/mol. The van der Waals surface area contributed by atoms with E-state index in [9.17, 15) is 13.2 Å². The van der Waals surface area contributed by atoms with Gasteiger partial charge in [-0.2, -0.15) is 0 Å². The predicted octanol–water partition coefficient (Wildman–Crippen LogP) is 1.06. The van der Waals surface area contributed by atoms with Crippen LogP contribution in [-0.4, -0.2) is 6.54 Å². The van der Waals surface area contributed by atoms with Gasteiger partial charge >= 0.3 is 0 Å². The van der Waals surface area contributed by atoms with Crippen molar-refractivity contribution in [2.24, 2.45) is 11.5 Å². The minimum Gasteiger partial charge on any atom is -0.329 e. The number of rotatable bonds is 2. The van der Waals surface area contributed by atoms with Crippen molar-refractivity contribution in [1.82, 2.24) is 0 Å². The van der Waals surface area contributed by atoms with Gasteiger partial charge in [0.1, 0.15) is 5.82 Å². The molecule has 13 heavy (non-hydrogen) atoms. The molecule has 72 valence electrons. The van der Waals surface area contributed by atoms with E-state index >= 15 is 0 Å². The van der Waals surface area contributed by atoms with Crippen LogP contribution in [0.1, 0.15) is 11.6 Å². The second-order valence-corrected chi connectivity index (χ2v) is 2.63. The lowest BCUT2D eigenvalue weighted by Gasteiger charge is -2.10. The Balaban J connectivity index is 3.20. The smallest absolute Gasteiger partial charge is 0.163 e. The summed E-state index contributed by atoms with van der Waals surface area (Å²) >= 11 is 0. The van der Waals surface area contributed by atoms with Crippen LogP contribution in [0.15, 0.2) is 12.1 Å². The molecule has 1 aromatic carbocycles. The number of halogens is 3. The Morgan fingerprint density at radius 1 is 1.23 bits per heavy atom. The molecule has 1 unspecified atom stereocenters. The molecule has 0 aliphatic carbocycles. The van der Waals surface area contributed by atoms with Gasteiger partial charge in [-0.15, -0.1) is 0 Å². The van der Waals surface area contributed by atoms with Crippen LogP contribution in [0.25, 0.3) is 0 Å². The Morgan fingerprint density at radius 3 is 2.38 bits per heavy atom. The first kappa shape index (κ1) is 10.0. The molecule has 0 bridgehead atoms. The van der Waals surface area contributed by atoms with Crippen LogP contribution >= 0.6 is 0 Å². The second-order valence-electron chi connectivity index (χ2n) is 2.63. The molecule has 0 aromatic heterocycles. The fraction of sp³-hybridized carbons (Fsp3) is 0.250. The summed E-state index contributed by atoms with van der Waals surface area (Å²) in [6.45, 7) is -0.0696. The van der Waals surface area contributed by atoms with Crippen molar-refractivity contribution in [3.63, 3.8) is 0 Å².